The van der Waals surface area contributed by atoms with E-state index in [1.807, 2.05) is 29.2 Å². The predicted molar refractivity (Wildman–Crippen MR) is 124 cm³/mol. The number of rotatable bonds is 4. The van der Waals surface area contributed by atoms with E-state index < -0.39 is 0 Å². The van der Waals surface area contributed by atoms with E-state index >= 15 is 0 Å². The molecule has 2 aromatic heterocycles. The maximum Gasteiger partial charge on any atom is 0.262 e. The molecular formula is C23H25ClN4O2S. The van der Waals surface area contributed by atoms with Crippen LogP contribution in [0.1, 0.15) is 28.8 Å². The Bertz CT molecular complexity index is 1170. The van der Waals surface area contributed by atoms with Gasteiger partial charge < -0.3 is 4.90 Å². The molecule has 2 aliphatic rings. The third kappa shape index (κ3) is 4.02. The fourth-order valence-electron chi connectivity index (χ4n) is 4.85. The summed E-state index contributed by atoms with van der Waals surface area (Å²) in [5, 5.41) is 1.45. The topological polar surface area (TPSA) is 58.4 Å². The summed E-state index contributed by atoms with van der Waals surface area (Å²) in [7, 11) is 0. The van der Waals surface area contributed by atoms with Crippen LogP contribution in [0.4, 0.5) is 0 Å². The normalized spacial score (nSPS) is 19.9. The van der Waals surface area contributed by atoms with E-state index in [1.165, 1.54) is 10.4 Å². The van der Waals surface area contributed by atoms with Crippen LogP contribution in [0.15, 0.2) is 35.4 Å². The quantitative estimate of drug-likeness (QED) is 0.566. The molecule has 8 heteroatoms. The lowest BCUT2D eigenvalue weighted by atomic mass is 9.92. The van der Waals surface area contributed by atoms with Crippen LogP contribution in [-0.4, -0.2) is 58.0 Å². The Morgan fingerprint density at radius 1 is 1.19 bits per heavy atom. The number of aryl methyl sites for hydroxylation is 1. The first-order chi connectivity index (χ1) is 15.1. The molecule has 6 nitrogen and oxygen atoms in total. The molecule has 1 amide bonds. The molecule has 1 fully saturated rings. The lowest BCUT2D eigenvalue weighted by Gasteiger charge is -2.33. The molecule has 0 bridgehead atoms. The first-order valence-corrected chi connectivity index (χ1v) is 12.0. The van der Waals surface area contributed by atoms with E-state index in [-0.39, 0.29) is 5.56 Å². The standard InChI is InChI=1S/C23H25ClN4O2S/c24-19-5-2-1-4-16(19)13-28-14-25-22-21(23(28)30)18-7-6-17(12-20(18)31-22)27-9-3-8-26(15-29)10-11-27/h1-2,4-5,14-15,17H,3,6-13H2/t17-/m0/s1. The molecule has 0 spiro atoms. The molecule has 1 aliphatic carbocycles. The van der Waals surface area contributed by atoms with Gasteiger partial charge in [0.1, 0.15) is 4.83 Å². The van der Waals surface area contributed by atoms with Gasteiger partial charge in [-0.25, -0.2) is 4.98 Å². The third-order valence-corrected chi connectivity index (χ3v) is 8.07. The second kappa shape index (κ2) is 8.73. The van der Waals surface area contributed by atoms with Gasteiger partial charge in [-0.05, 0) is 42.9 Å². The average molecular weight is 457 g/mol. The third-order valence-electron chi connectivity index (χ3n) is 6.54. The maximum atomic E-state index is 13.3. The van der Waals surface area contributed by atoms with Gasteiger partial charge in [-0.3, -0.25) is 19.1 Å². The van der Waals surface area contributed by atoms with Gasteiger partial charge in [0.25, 0.3) is 5.56 Å². The fraction of sp³-hybridized carbons (Fsp3) is 0.435. The second-order valence-electron chi connectivity index (χ2n) is 8.38. The van der Waals surface area contributed by atoms with Crippen LogP contribution in [0.5, 0.6) is 0 Å². The molecule has 0 unspecified atom stereocenters. The number of hydrogen-bond donors (Lipinski definition) is 0. The van der Waals surface area contributed by atoms with E-state index in [2.05, 4.69) is 9.88 Å². The average Bonchev–Trinajstić information content (AvgIpc) is 2.98. The van der Waals surface area contributed by atoms with Crippen LogP contribution in [0, 0.1) is 0 Å². The Morgan fingerprint density at radius 3 is 2.90 bits per heavy atom. The van der Waals surface area contributed by atoms with Gasteiger partial charge in [0.05, 0.1) is 18.3 Å². The molecule has 1 saturated heterocycles. The zero-order valence-electron chi connectivity index (χ0n) is 17.3. The van der Waals surface area contributed by atoms with Crippen LogP contribution in [-0.2, 0) is 24.2 Å². The zero-order valence-corrected chi connectivity index (χ0v) is 18.9. The number of nitrogens with zero attached hydrogens (tertiary/aromatic N) is 4. The van der Waals surface area contributed by atoms with Crippen LogP contribution < -0.4 is 5.56 Å². The van der Waals surface area contributed by atoms with Gasteiger partial charge in [0, 0.05) is 42.1 Å². The van der Waals surface area contributed by atoms with Crippen LogP contribution in [0.3, 0.4) is 0 Å². The zero-order chi connectivity index (χ0) is 21.4. The molecule has 1 aliphatic heterocycles. The van der Waals surface area contributed by atoms with Crippen molar-refractivity contribution >= 4 is 39.6 Å². The first kappa shape index (κ1) is 20.7. The largest absolute Gasteiger partial charge is 0.344 e. The summed E-state index contributed by atoms with van der Waals surface area (Å²) < 4.78 is 1.67. The molecule has 3 aromatic rings. The number of halogens is 1. The number of carbonyl (C=O) groups is 1. The number of fused-ring (bicyclic) bond motifs is 3. The molecule has 0 saturated carbocycles. The summed E-state index contributed by atoms with van der Waals surface area (Å²) in [4.78, 5) is 35.6. The molecule has 0 radical (unpaired) electrons. The van der Waals surface area contributed by atoms with Crippen molar-refractivity contribution in [3.8, 4) is 0 Å². The number of aromatic nitrogens is 2. The number of hydrogen-bond acceptors (Lipinski definition) is 5. The van der Waals surface area contributed by atoms with Gasteiger partial charge in [-0.2, -0.15) is 0 Å². The second-order valence-corrected chi connectivity index (χ2v) is 9.87. The van der Waals surface area contributed by atoms with Crippen molar-refractivity contribution in [2.75, 3.05) is 26.2 Å². The lowest BCUT2D eigenvalue weighted by molar-refractivity contribution is -0.118. The van der Waals surface area contributed by atoms with Crippen LogP contribution >= 0.6 is 22.9 Å². The van der Waals surface area contributed by atoms with Gasteiger partial charge in [-0.15, -0.1) is 11.3 Å². The molecular weight excluding hydrogens is 432 g/mol. The summed E-state index contributed by atoms with van der Waals surface area (Å²) in [6.07, 6.45) is 6.54. The smallest absolute Gasteiger partial charge is 0.262 e. The van der Waals surface area contributed by atoms with Crippen molar-refractivity contribution in [1.29, 1.82) is 0 Å². The van der Waals surface area contributed by atoms with Crippen molar-refractivity contribution in [3.63, 3.8) is 0 Å². The van der Waals surface area contributed by atoms with E-state index in [0.717, 1.165) is 74.1 Å². The van der Waals surface area contributed by atoms with E-state index in [4.69, 9.17) is 11.6 Å². The molecule has 3 heterocycles. The van der Waals surface area contributed by atoms with Crippen molar-refractivity contribution in [3.05, 3.63) is 62.0 Å². The highest BCUT2D eigenvalue weighted by Crippen LogP contribution is 2.35. The first-order valence-electron chi connectivity index (χ1n) is 10.8. The molecule has 31 heavy (non-hydrogen) atoms. The summed E-state index contributed by atoms with van der Waals surface area (Å²) in [6, 6.07) is 8.08. The highest BCUT2D eigenvalue weighted by molar-refractivity contribution is 7.18. The van der Waals surface area contributed by atoms with Gasteiger partial charge in [-0.1, -0.05) is 29.8 Å². The van der Waals surface area contributed by atoms with Crippen molar-refractivity contribution in [2.45, 2.75) is 38.3 Å². The molecule has 1 aromatic carbocycles. The SMILES string of the molecule is O=CN1CCCN([C@H]2CCc3c(sc4ncn(Cc5ccccc5Cl)c(=O)c34)C2)CC1. The predicted octanol–water partition coefficient (Wildman–Crippen LogP) is 3.18. The Morgan fingerprint density at radius 2 is 2.06 bits per heavy atom. The minimum atomic E-state index is 0.0252. The number of carbonyl (C=O) groups excluding carboxylic acids is 1. The van der Waals surface area contributed by atoms with Gasteiger partial charge >= 0.3 is 0 Å². The molecule has 162 valence electrons. The minimum Gasteiger partial charge on any atom is -0.344 e. The molecule has 5 rings (SSSR count). The van der Waals surface area contributed by atoms with Crippen molar-refractivity contribution in [1.82, 2.24) is 19.4 Å². The lowest BCUT2D eigenvalue weighted by Crippen LogP contribution is -2.41. The summed E-state index contributed by atoms with van der Waals surface area (Å²) in [5.41, 5.74) is 2.13. The Kier molecular flexibility index (Phi) is 5.82. The number of amides is 1. The number of thiophene rings is 1. The van der Waals surface area contributed by atoms with Crippen LogP contribution in [0.2, 0.25) is 5.02 Å². The maximum absolute atomic E-state index is 13.3. The highest BCUT2D eigenvalue weighted by atomic mass is 35.5. The number of benzene rings is 1. The summed E-state index contributed by atoms with van der Waals surface area (Å²) in [6.45, 7) is 4.02. The molecule has 0 N–H and O–H groups in total. The summed E-state index contributed by atoms with van der Waals surface area (Å²) >= 11 is 7.96. The molecule has 1 atom stereocenters. The van der Waals surface area contributed by atoms with Crippen molar-refractivity contribution < 1.29 is 4.79 Å². The Hall–Kier alpha value is -2.22. The summed E-state index contributed by atoms with van der Waals surface area (Å²) in [5.74, 6) is 0. The Labute approximate surface area is 190 Å². The van der Waals surface area contributed by atoms with E-state index in [9.17, 15) is 9.59 Å². The minimum absolute atomic E-state index is 0.0252. The van der Waals surface area contributed by atoms with Crippen LogP contribution in [0.25, 0.3) is 10.2 Å². The van der Waals surface area contributed by atoms with Gasteiger partial charge in [0.15, 0.2) is 0 Å². The highest BCUT2D eigenvalue weighted by Gasteiger charge is 2.29. The monoisotopic (exact) mass is 456 g/mol. The Balaban J connectivity index is 1.41. The van der Waals surface area contributed by atoms with E-state index in [0.29, 0.717) is 17.6 Å². The van der Waals surface area contributed by atoms with E-state index in [1.54, 1.807) is 22.2 Å². The van der Waals surface area contributed by atoms with Gasteiger partial charge in [0.2, 0.25) is 6.41 Å². The fourth-order valence-corrected chi connectivity index (χ4v) is 6.29. The van der Waals surface area contributed by atoms with Crippen molar-refractivity contribution in [2.24, 2.45) is 0 Å².